The highest BCUT2D eigenvalue weighted by atomic mass is 16.5. The maximum Gasteiger partial charge on any atom is 0.231 e. The summed E-state index contributed by atoms with van der Waals surface area (Å²) in [7, 11) is 2.08. The summed E-state index contributed by atoms with van der Waals surface area (Å²) in [5, 5.41) is 0. The molecule has 23 heavy (non-hydrogen) atoms. The lowest BCUT2D eigenvalue weighted by atomic mass is 10.2. The van der Waals surface area contributed by atoms with Gasteiger partial charge in [-0.25, -0.2) is 0 Å². The molecule has 1 atom stereocenters. The van der Waals surface area contributed by atoms with Crippen molar-refractivity contribution in [2.75, 3.05) is 46.4 Å². The smallest absolute Gasteiger partial charge is 0.231 e. The third-order valence-electron chi connectivity index (χ3n) is 3.82. The topological polar surface area (TPSA) is 68.0 Å². The third-order valence-corrected chi connectivity index (χ3v) is 3.82. The molecule has 0 spiro atoms. The summed E-state index contributed by atoms with van der Waals surface area (Å²) in [6.07, 6.45) is 0.107. The lowest BCUT2D eigenvalue weighted by Crippen LogP contribution is -2.47. The van der Waals surface area contributed by atoms with Crippen molar-refractivity contribution in [3.63, 3.8) is 0 Å². The van der Waals surface area contributed by atoms with Gasteiger partial charge in [0.1, 0.15) is 5.75 Å². The quantitative estimate of drug-likeness (QED) is 0.763. The number of hydrogen-bond acceptors (Lipinski definition) is 5. The number of primary amides is 1. The second-order valence-electron chi connectivity index (χ2n) is 5.97. The van der Waals surface area contributed by atoms with Gasteiger partial charge in [-0.15, -0.1) is 0 Å². The Hall–Kier alpha value is -1.63. The number of likely N-dealkylation sites (N-methyl/N-ethyl adjacent to an activating group) is 1. The number of carbonyl (C=O) groups excluding carboxylic acids is 1. The fourth-order valence-corrected chi connectivity index (χ4v) is 2.79. The van der Waals surface area contributed by atoms with Gasteiger partial charge in [0.05, 0.1) is 25.9 Å². The Labute approximate surface area is 138 Å². The summed E-state index contributed by atoms with van der Waals surface area (Å²) in [6, 6.07) is 7.94. The van der Waals surface area contributed by atoms with Crippen LogP contribution in [-0.4, -0.2) is 68.3 Å². The van der Waals surface area contributed by atoms with Gasteiger partial charge in [-0.1, -0.05) is 12.1 Å². The Morgan fingerprint density at radius 2 is 2.17 bits per heavy atom. The van der Waals surface area contributed by atoms with Crippen molar-refractivity contribution in [2.45, 2.75) is 19.6 Å². The monoisotopic (exact) mass is 321 g/mol. The highest BCUT2D eigenvalue weighted by Crippen LogP contribution is 2.14. The molecule has 1 aliphatic heterocycles. The van der Waals surface area contributed by atoms with E-state index in [0.717, 1.165) is 31.0 Å². The van der Waals surface area contributed by atoms with Gasteiger partial charge in [-0.2, -0.15) is 0 Å². The standard InChI is InChI=1S/C17H27N3O3/c1-3-22-15-6-4-14(5-7-15)10-20(13-17(18)21)12-16-11-19(2)8-9-23-16/h4-7,16H,3,8-13H2,1-2H3,(H2,18,21)/t16-/m0/s1. The van der Waals surface area contributed by atoms with Gasteiger partial charge in [-0.3, -0.25) is 9.69 Å². The zero-order valence-corrected chi connectivity index (χ0v) is 14.0. The Kier molecular flexibility index (Phi) is 6.83. The first-order valence-electron chi connectivity index (χ1n) is 8.09. The second kappa shape index (κ2) is 8.86. The average Bonchev–Trinajstić information content (AvgIpc) is 2.49. The van der Waals surface area contributed by atoms with Crippen LogP contribution < -0.4 is 10.5 Å². The molecule has 6 heteroatoms. The predicted octanol–water partition coefficient (Wildman–Crippen LogP) is 0.703. The molecule has 1 aliphatic rings. The number of ether oxygens (including phenoxy) is 2. The van der Waals surface area contributed by atoms with Crippen LogP contribution in [0.1, 0.15) is 12.5 Å². The number of rotatable bonds is 8. The number of carbonyl (C=O) groups is 1. The Bertz CT molecular complexity index is 492. The molecule has 0 saturated carbocycles. The first kappa shape index (κ1) is 17.7. The number of nitrogens with zero attached hydrogens (tertiary/aromatic N) is 2. The van der Waals surface area contributed by atoms with E-state index in [0.29, 0.717) is 19.7 Å². The predicted molar refractivity (Wildman–Crippen MR) is 89.3 cm³/mol. The molecule has 0 unspecified atom stereocenters. The van der Waals surface area contributed by atoms with Crippen LogP contribution in [0.5, 0.6) is 5.75 Å². The molecule has 2 N–H and O–H groups in total. The van der Waals surface area contributed by atoms with Crippen molar-refractivity contribution >= 4 is 5.91 Å². The highest BCUT2D eigenvalue weighted by molar-refractivity contribution is 5.75. The van der Waals surface area contributed by atoms with Crippen LogP contribution in [0.15, 0.2) is 24.3 Å². The van der Waals surface area contributed by atoms with E-state index < -0.39 is 0 Å². The molecule has 1 fully saturated rings. The number of nitrogens with two attached hydrogens (primary N) is 1. The van der Waals surface area contributed by atoms with Gasteiger partial charge in [0.15, 0.2) is 0 Å². The van der Waals surface area contributed by atoms with E-state index in [1.807, 2.05) is 36.1 Å². The summed E-state index contributed by atoms with van der Waals surface area (Å²) in [5.74, 6) is 0.537. The lowest BCUT2D eigenvalue weighted by Gasteiger charge is -2.33. The van der Waals surface area contributed by atoms with E-state index in [2.05, 4.69) is 11.9 Å². The first-order chi connectivity index (χ1) is 11.1. The number of benzene rings is 1. The van der Waals surface area contributed by atoms with Crippen molar-refractivity contribution < 1.29 is 14.3 Å². The molecule has 0 aromatic heterocycles. The van der Waals surface area contributed by atoms with Gasteiger partial charge in [0.2, 0.25) is 5.91 Å². The van der Waals surface area contributed by atoms with Crippen LogP contribution in [0, 0.1) is 0 Å². The van der Waals surface area contributed by atoms with E-state index in [-0.39, 0.29) is 18.6 Å². The van der Waals surface area contributed by atoms with Crippen LogP contribution in [0.3, 0.4) is 0 Å². The Morgan fingerprint density at radius 3 is 2.78 bits per heavy atom. The minimum Gasteiger partial charge on any atom is -0.494 e. The van der Waals surface area contributed by atoms with Crippen molar-refractivity contribution in [1.29, 1.82) is 0 Å². The maximum atomic E-state index is 11.4. The van der Waals surface area contributed by atoms with Gasteiger partial charge in [0.25, 0.3) is 0 Å². The number of hydrogen-bond donors (Lipinski definition) is 1. The molecular formula is C17H27N3O3. The van der Waals surface area contributed by atoms with E-state index in [1.165, 1.54) is 0 Å². The summed E-state index contributed by atoms with van der Waals surface area (Å²) in [6.45, 7) is 6.76. The fourth-order valence-electron chi connectivity index (χ4n) is 2.79. The normalized spacial score (nSPS) is 19.0. The van der Waals surface area contributed by atoms with Crippen molar-refractivity contribution in [3.8, 4) is 5.75 Å². The van der Waals surface area contributed by atoms with Crippen LogP contribution in [-0.2, 0) is 16.1 Å². The van der Waals surface area contributed by atoms with E-state index in [4.69, 9.17) is 15.2 Å². The molecule has 1 heterocycles. The van der Waals surface area contributed by atoms with Crippen LogP contribution in [0.4, 0.5) is 0 Å². The Morgan fingerprint density at radius 1 is 1.43 bits per heavy atom. The SMILES string of the molecule is CCOc1ccc(CN(CC(N)=O)C[C@@H]2CN(C)CCO2)cc1. The van der Waals surface area contributed by atoms with Crippen LogP contribution in [0.25, 0.3) is 0 Å². The summed E-state index contributed by atoms with van der Waals surface area (Å²) in [4.78, 5) is 15.6. The van der Waals surface area contributed by atoms with Crippen molar-refractivity contribution in [3.05, 3.63) is 29.8 Å². The molecular weight excluding hydrogens is 294 g/mol. The molecule has 1 aromatic rings. The van der Waals surface area contributed by atoms with E-state index >= 15 is 0 Å². The summed E-state index contributed by atoms with van der Waals surface area (Å²) >= 11 is 0. The summed E-state index contributed by atoms with van der Waals surface area (Å²) < 4.78 is 11.2. The molecule has 1 saturated heterocycles. The second-order valence-corrected chi connectivity index (χ2v) is 5.97. The molecule has 0 aliphatic carbocycles. The van der Waals surface area contributed by atoms with E-state index in [9.17, 15) is 4.79 Å². The molecule has 6 nitrogen and oxygen atoms in total. The molecule has 1 amide bonds. The zero-order valence-electron chi connectivity index (χ0n) is 14.0. The summed E-state index contributed by atoms with van der Waals surface area (Å²) in [5.41, 5.74) is 6.52. The van der Waals surface area contributed by atoms with Crippen LogP contribution in [0.2, 0.25) is 0 Å². The first-order valence-corrected chi connectivity index (χ1v) is 8.09. The average molecular weight is 321 g/mol. The number of morpholine rings is 1. The highest BCUT2D eigenvalue weighted by Gasteiger charge is 2.21. The molecule has 128 valence electrons. The molecule has 0 bridgehead atoms. The fraction of sp³-hybridized carbons (Fsp3) is 0.588. The van der Waals surface area contributed by atoms with Crippen LogP contribution >= 0.6 is 0 Å². The third kappa shape index (κ3) is 6.17. The minimum atomic E-state index is -0.319. The number of amides is 1. The molecule has 2 rings (SSSR count). The van der Waals surface area contributed by atoms with Crippen molar-refractivity contribution in [1.82, 2.24) is 9.80 Å². The maximum absolute atomic E-state index is 11.4. The van der Waals surface area contributed by atoms with Gasteiger partial charge < -0.3 is 20.1 Å². The minimum absolute atomic E-state index is 0.107. The Balaban J connectivity index is 1.95. The van der Waals surface area contributed by atoms with Gasteiger partial charge >= 0.3 is 0 Å². The largest absolute Gasteiger partial charge is 0.494 e. The van der Waals surface area contributed by atoms with E-state index in [1.54, 1.807) is 0 Å². The van der Waals surface area contributed by atoms with Gasteiger partial charge in [0, 0.05) is 26.2 Å². The zero-order chi connectivity index (χ0) is 16.7. The molecule has 0 radical (unpaired) electrons. The molecule has 1 aromatic carbocycles. The van der Waals surface area contributed by atoms with Crippen molar-refractivity contribution in [2.24, 2.45) is 5.73 Å². The van der Waals surface area contributed by atoms with Gasteiger partial charge in [-0.05, 0) is 31.7 Å². The lowest BCUT2D eigenvalue weighted by molar-refractivity contribution is -0.120.